The van der Waals surface area contributed by atoms with Gasteiger partial charge in [0.25, 0.3) is 5.91 Å². The van der Waals surface area contributed by atoms with Crippen molar-refractivity contribution in [3.63, 3.8) is 0 Å². The number of fused-ring (bicyclic) bond motifs is 1. The summed E-state index contributed by atoms with van der Waals surface area (Å²) in [5.74, 6) is -0.791. The van der Waals surface area contributed by atoms with E-state index in [9.17, 15) is 9.59 Å². The molecule has 0 bridgehead atoms. The number of rotatable bonds is 2. The number of carbonyl (C=O) groups is 2. The van der Waals surface area contributed by atoms with Crippen molar-refractivity contribution in [2.75, 3.05) is 4.90 Å². The van der Waals surface area contributed by atoms with E-state index in [-0.39, 0.29) is 5.91 Å². The fourth-order valence-corrected chi connectivity index (χ4v) is 2.46. The minimum absolute atomic E-state index is 0.240. The van der Waals surface area contributed by atoms with Gasteiger partial charge in [-0.25, -0.2) is 0 Å². The van der Waals surface area contributed by atoms with Gasteiger partial charge in [0, 0.05) is 5.56 Å². The molecule has 4 nitrogen and oxygen atoms in total. The second-order valence-corrected chi connectivity index (χ2v) is 4.81. The molecular formula is C17H14N2O2. The number of anilines is 1. The zero-order valence-electron chi connectivity index (χ0n) is 11.3. The molecule has 0 radical (unpaired) electrons. The minimum Gasteiger partial charge on any atom is -0.368 e. The fraction of sp³-hybridized carbons (Fsp3) is 0.0588. The van der Waals surface area contributed by atoms with Crippen molar-refractivity contribution >= 4 is 23.6 Å². The summed E-state index contributed by atoms with van der Waals surface area (Å²) in [5.41, 5.74) is 7.55. The largest absolute Gasteiger partial charge is 0.368 e. The standard InChI is InChI=1S/C17H14N2O2/c18-16(20)15-11-10-12-6-4-5-9-14(12)19(15)17(21)13-7-2-1-3-8-13/h1-11,15H,(H2,18,20)/t15-/m0/s1. The molecular weight excluding hydrogens is 264 g/mol. The lowest BCUT2D eigenvalue weighted by atomic mass is 10.0. The van der Waals surface area contributed by atoms with Gasteiger partial charge in [0.15, 0.2) is 0 Å². The molecule has 1 aliphatic heterocycles. The Morgan fingerprint density at radius 3 is 2.33 bits per heavy atom. The maximum Gasteiger partial charge on any atom is 0.259 e. The predicted molar refractivity (Wildman–Crippen MR) is 81.7 cm³/mol. The quantitative estimate of drug-likeness (QED) is 0.915. The van der Waals surface area contributed by atoms with Gasteiger partial charge in [-0.2, -0.15) is 0 Å². The summed E-state index contributed by atoms with van der Waals surface area (Å²) >= 11 is 0. The topological polar surface area (TPSA) is 63.4 Å². The molecule has 4 heteroatoms. The molecule has 0 aliphatic carbocycles. The summed E-state index contributed by atoms with van der Waals surface area (Å²) in [6.07, 6.45) is 3.48. The zero-order chi connectivity index (χ0) is 14.8. The van der Waals surface area contributed by atoms with Gasteiger partial charge in [-0.15, -0.1) is 0 Å². The Balaban J connectivity index is 2.10. The van der Waals surface area contributed by atoms with Crippen molar-refractivity contribution in [3.05, 3.63) is 71.8 Å². The van der Waals surface area contributed by atoms with Crippen LogP contribution in [0.25, 0.3) is 6.08 Å². The van der Waals surface area contributed by atoms with Crippen molar-refractivity contribution in [1.29, 1.82) is 0 Å². The van der Waals surface area contributed by atoms with Crippen LogP contribution >= 0.6 is 0 Å². The molecule has 2 N–H and O–H groups in total. The van der Waals surface area contributed by atoms with Crippen molar-refractivity contribution in [2.24, 2.45) is 5.73 Å². The average molecular weight is 278 g/mol. The highest BCUT2D eigenvalue weighted by atomic mass is 16.2. The van der Waals surface area contributed by atoms with Crippen LogP contribution in [0.4, 0.5) is 5.69 Å². The molecule has 0 saturated carbocycles. The van der Waals surface area contributed by atoms with Crippen LogP contribution in [-0.4, -0.2) is 17.9 Å². The first-order chi connectivity index (χ1) is 10.2. The molecule has 2 amide bonds. The highest BCUT2D eigenvalue weighted by Gasteiger charge is 2.31. The van der Waals surface area contributed by atoms with Crippen LogP contribution in [0.5, 0.6) is 0 Å². The van der Waals surface area contributed by atoms with E-state index in [0.29, 0.717) is 11.3 Å². The third-order valence-corrected chi connectivity index (χ3v) is 3.46. The Labute approximate surface area is 122 Å². The fourth-order valence-electron chi connectivity index (χ4n) is 2.46. The number of primary amides is 1. The summed E-state index contributed by atoms with van der Waals surface area (Å²) in [6, 6.07) is 15.5. The second-order valence-electron chi connectivity index (χ2n) is 4.81. The Hall–Kier alpha value is -2.88. The molecule has 2 aromatic carbocycles. The molecule has 0 unspecified atom stereocenters. The van der Waals surface area contributed by atoms with E-state index in [2.05, 4.69) is 0 Å². The Morgan fingerprint density at radius 1 is 0.952 bits per heavy atom. The van der Waals surface area contributed by atoms with E-state index in [0.717, 1.165) is 5.56 Å². The van der Waals surface area contributed by atoms with Crippen molar-refractivity contribution < 1.29 is 9.59 Å². The number of nitrogens with zero attached hydrogens (tertiary/aromatic N) is 1. The molecule has 0 saturated heterocycles. The van der Waals surface area contributed by atoms with E-state index < -0.39 is 11.9 Å². The van der Waals surface area contributed by atoms with Gasteiger partial charge in [0.1, 0.15) is 6.04 Å². The van der Waals surface area contributed by atoms with Crippen LogP contribution in [-0.2, 0) is 4.79 Å². The first-order valence-corrected chi connectivity index (χ1v) is 6.63. The number of hydrogen-bond donors (Lipinski definition) is 1. The highest BCUT2D eigenvalue weighted by Crippen LogP contribution is 2.30. The predicted octanol–water partition coefficient (Wildman–Crippen LogP) is 2.21. The molecule has 21 heavy (non-hydrogen) atoms. The molecule has 1 heterocycles. The molecule has 0 spiro atoms. The van der Waals surface area contributed by atoms with Gasteiger partial charge in [-0.3, -0.25) is 14.5 Å². The van der Waals surface area contributed by atoms with E-state index in [1.54, 1.807) is 30.3 Å². The molecule has 0 aromatic heterocycles. The number of hydrogen-bond acceptors (Lipinski definition) is 2. The lowest BCUT2D eigenvalue weighted by molar-refractivity contribution is -0.118. The lowest BCUT2D eigenvalue weighted by Gasteiger charge is -2.32. The Morgan fingerprint density at radius 2 is 1.62 bits per heavy atom. The Bertz CT molecular complexity index is 723. The third kappa shape index (κ3) is 2.31. The monoisotopic (exact) mass is 278 g/mol. The van der Waals surface area contributed by atoms with Gasteiger partial charge in [0.05, 0.1) is 5.69 Å². The SMILES string of the molecule is NC(=O)[C@@H]1C=Cc2ccccc2N1C(=O)c1ccccc1. The smallest absolute Gasteiger partial charge is 0.259 e. The van der Waals surface area contributed by atoms with Gasteiger partial charge in [-0.05, 0) is 23.8 Å². The molecule has 1 aliphatic rings. The molecule has 1 atom stereocenters. The minimum atomic E-state index is -0.771. The maximum atomic E-state index is 12.8. The first-order valence-electron chi connectivity index (χ1n) is 6.63. The highest BCUT2D eigenvalue weighted by molar-refractivity contribution is 6.12. The van der Waals surface area contributed by atoms with Gasteiger partial charge >= 0.3 is 0 Å². The molecule has 3 rings (SSSR count). The lowest BCUT2D eigenvalue weighted by Crippen LogP contribution is -2.48. The number of amides is 2. The van der Waals surface area contributed by atoms with Crippen molar-refractivity contribution in [3.8, 4) is 0 Å². The first kappa shape index (κ1) is 13.1. The third-order valence-electron chi connectivity index (χ3n) is 3.46. The average Bonchev–Trinajstić information content (AvgIpc) is 2.53. The van der Waals surface area contributed by atoms with E-state index in [4.69, 9.17) is 5.73 Å². The van der Waals surface area contributed by atoms with Crippen LogP contribution in [0.15, 0.2) is 60.7 Å². The van der Waals surface area contributed by atoms with Crippen LogP contribution < -0.4 is 10.6 Å². The van der Waals surface area contributed by atoms with E-state index in [1.165, 1.54) is 4.90 Å². The second kappa shape index (κ2) is 5.25. The number of para-hydroxylation sites is 1. The Kier molecular flexibility index (Phi) is 3.28. The van der Waals surface area contributed by atoms with Crippen LogP contribution in [0.3, 0.4) is 0 Å². The number of benzene rings is 2. The zero-order valence-corrected chi connectivity index (χ0v) is 11.3. The summed E-state index contributed by atoms with van der Waals surface area (Å²) in [7, 11) is 0. The molecule has 104 valence electrons. The summed E-state index contributed by atoms with van der Waals surface area (Å²) in [6.45, 7) is 0. The van der Waals surface area contributed by atoms with Gasteiger partial charge < -0.3 is 5.73 Å². The summed E-state index contributed by atoms with van der Waals surface area (Å²) in [4.78, 5) is 25.9. The van der Waals surface area contributed by atoms with E-state index in [1.807, 2.05) is 36.4 Å². The molecule has 0 fully saturated rings. The van der Waals surface area contributed by atoms with Crippen LogP contribution in [0, 0.1) is 0 Å². The van der Waals surface area contributed by atoms with Gasteiger partial charge in [0.2, 0.25) is 5.91 Å². The number of carbonyl (C=O) groups excluding carboxylic acids is 2. The van der Waals surface area contributed by atoms with Crippen LogP contribution in [0.1, 0.15) is 15.9 Å². The summed E-state index contributed by atoms with van der Waals surface area (Å²) in [5, 5.41) is 0. The maximum absolute atomic E-state index is 12.8. The normalized spacial score (nSPS) is 16.4. The van der Waals surface area contributed by atoms with E-state index >= 15 is 0 Å². The number of nitrogens with two attached hydrogens (primary N) is 1. The summed E-state index contributed by atoms with van der Waals surface area (Å²) < 4.78 is 0. The van der Waals surface area contributed by atoms with Gasteiger partial charge in [-0.1, -0.05) is 48.6 Å². The molecule has 2 aromatic rings. The van der Waals surface area contributed by atoms with Crippen molar-refractivity contribution in [2.45, 2.75) is 6.04 Å². The van der Waals surface area contributed by atoms with Crippen molar-refractivity contribution in [1.82, 2.24) is 0 Å². The van der Waals surface area contributed by atoms with Crippen LogP contribution in [0.2, 0.25) is 0 Å².